The van der Waals surface area contributed by atoms with Gasteiger partial charge in [-0.2, -0.15) is 0 Å². The first-order valence-corrected chi connectivity index (χ1v) is 8.91. The number of nitrogens with one attached hydrogen (secondary N) is 1. The molecular formula is C15H23N3O3S. The lowest BCUT2D eigenvalue weighted by molar-refractivity contribution is -0.118. The maximum Gasteiger partial charge on any atom is 0.240 e. The Bertz CT molecular complexity index is 656. The Morgan fingerprint density at radius 2 is 2.00 bits per heavy atom. The van der Waals surface area contributed by atoms with Crippen LogP contribution in [0.1, 0.15) is 18.9 Å². The van der Waals surface area contributed by atoms with Crippen LogP contribution < -0.4 is 9.62 Å². The van der Waals surface area contributed by atoms with Crippen molar-refractivity contribution in [1.82, 2.24) is 9.62 Å². The molecule has 0 aliphatic carbocycles. The Morgan fingerprint density at radius 1 is 1.27 bits per heavy atom. The first kappa shape index (κ1) is 16.9. The van der Waals surface area contributed by atoms with Gasteiger partial charge in [-0.15, -0.1) is 0 Å². The normalized spacial score (nSPS) is 15.3. The molecule has 22 heavy (non-hydrogen) atoms. The summed E-state index contributed by atoms with van der Waals surface area (Å²) in [5.41, 5.74) is 1.74. The largest absolute Gasteiger partial charge is 0.312 e. The quantitative estimate of drug-likeness (QED) is 0.841. The number of carbonyl (C=O) groups excluding carboxylic acids is 1. The van der Waals surface area contributed by atoms with Crippen molar-refractivity contribution in [1.29, 1.82) is 0 Å². The van der Waals surface area contributed by atoms with Crippen LogP contribution in [0.2, 0.25) is 0 Å². The van der Waals surface area contributed by atoms with Crippen LogP contribution in [0.15, 0.2) is 23.1 Å². The molecule has 6 nitrogen and oxygen atoms in total. The van der Waals surface area contributed by atoms with Gasteiger partial charge in [0, 0.05) is 31.7 Å². The minimum atomic E-state index is -3.51. The maximum atomic E-state index is 12.3. The molecule has 0 saturated heterocycles. The molecule has 0 fully saturated rings. The van der Waals surface area contributed by atoms with Crippen LogP contribution in [-0.2, 0) is 21.2 Å². The standard InChI is InChI=1S/C15H23N3O3S/c1-4-18-14-7-6-13(11-12(14)5-8-15(18)19)22(20,21)16-9-10-17(2)3/h6-7,11,16H,4-5,8-10H2,1-3H3. The number of aryl methyl sites for hydroxylation is 1. The molecule has 0 saturated carbocycles. The van der Waals surface area contributed by atoms with Crippen LogP contribution in [-0.4, -0.2) is 53.0 Å². The second-order valence-electron chi connectivity index (χ2n) is 5.63. The lowest BCUT2D eigenvalue weighted by atomic mass is 10.0. The van der Waals surface area contributed by atoms with Gasteiger partial charge in [-0.3, -0.25) is 4.79 Å². The van der Waals surface area contributed by atoms with Crippen molar-refractivity contribution in [3.8, 4) is 0 Å². The van der Waals surface area contributed by atoms with Gasteiger partial charge in [-0.25, -0.2) is 13.1 Å². The monoisotopic (exact) mass is 325 g/mol. The Hall–Kier alpha value is -1.44. The number of benzene rings is 1. The molecule has 1 aliphatic heterocycles. The molecule has 0 spiro atoms. The number of nitrogens with zero attached hydrogens (tertiary/aromatic N) is 2. The smallest absolute Gasteiger partial charge is 0.240 e. The van der Waals surface area contributed by atoms with E-state index in [2.05, 4.69) is 4.72 Å². The van der Waals surface area contributed by atoms with Crippen LogP contribution in [0.25, 0.3) is 0 Å². The molecule has 7 heteroatoms. The van der Waals surface area contributed by atoms with Gasteiger partial charge in [0.05, 0.1) is 4.90 Å². The molecule has 1 aromatic carbocycles. The summed E-state index contributed by atoms with van der Waals surface area (Å²) < 4.78 is 27.2. The van der Waals surface area contributed by atoms with Crippen molar-refractivity contribution in [3.05, 3.63) is 23.8 Å². The van der Waals surface area contributed by atoms with E-state index in [9.17, 15) is 13.2 Å². The van der Waals surface area contributed by atoms with Crippen LogP contribution in [0.5, 0.6) is 0 Å². The summed E-state index contributed by atoms with van der Waals surface area (Å²) in [5.74, 6) is 0.0923. The van der Waals surface area contributed by atoms with Crippen molar-refractivity contribution in [3.63, 3.8) is 0 Å². The number of sulfonamides is 1. The van der Waals surface area contributed by atoms with Gasteiger partial charge >= 0.3 is 0 Å². The molecule has 0 unspecified atom stereocenters. The fraction of sp³-hybridized carbons (Fsp3) is 0.533. The number of likely N-dealkylation sites (N-methyl/N-ethyl adjacent to an activating group) is 1. The molecule has 1 aliphatic rings. The Morgan fingerprint density at radius 3 is 2.64 bits per heavy atom. The van der Waals surface area contributed by atoms with Gasteiger partial charge in [0.25, 0.3) is 0 Å². The van der Waals surface area contributed by atoms with Crippen molar-refractivity contribution in [2.45, 2.75) is 24.7 Å². The molecule has 0 aromatic heterocycles. The average molecular weight is 325 g/mol. The van der Waals surface area contributed by atoms with E-state index >= 15 is 0 Å². The van der Waals surface area contributed by atoms with Gasteiger partial charge in [-0.05, 0) is 51.2 Å². The number of carbonyl (C=O) groups is 1. The van der Waals surface area contributed by atoms with E-state index in [-0.39, 0.29) is 10.8 Å². The van der Waals surface area contributed by atoms with Crippen molar-refractivity contribution >= 4 is 21.6 Å². The highest BCUT2D eigenvalue weighted by molar-refractivity contribution is 7.89. The summed E-state index contributed by atoms with van der Waals surface area (Å²) in [6.45, 7) is 3.52. The summed E-state index contributed by atoms with van der Waals surface area (Å²) in [5, 5.41) is 0. The first-order chi connectivity index (χ1) is 10.3. The summed E-state index contributed by atoms with van der Waals surface area (Å²) in [4.78, 5) is 15.7. The first-order valence-electron chi connectivity index (χ1n) is 7.43. The summed E-state index contributed by atoms with van der Waals surface area (Å²) in [6, 6.07) is 4.98. The van der Waals surface area contributed by atoms with Crippen molar-refractivity contribution in [2.75, 3.05) is 38.6 Å². The third-order valence-corrected chi connectivity index (χ3v) is 5.19. The lowest BCUT2D eigenvalue weighted by Gasteiger charge is -2.28. The topological polar surface area (TPSA) is 69.7 Å². The van der Waals surface area contributed by atoms with Crippen LogP contribution in [0, 0.1) is 0 Å². The van der Waals surface area contributed by atoms with Gasteiger partial charge in [0.2, 0.25) is 15.9 Å². The van der Waals surface area contributed by atoms with Crippen LogP contribution >= 0.6 is 0 Å². The third kappa shape index (κ3) is 3.66. The Labute approximate surface area is 132 Å². The molecule has 0 radical (unpaired) electrons. The number of hydrogen-bond acceptors (Lipinski definition) is 4. The zero-order valence-corrected chi connectivity index (χ0v) is 14.1. The molecule has 122 valence electrons. The van der Waals surface area contributed by atoms with Crippen molar-refractivity contribution in [2.24, 2.45) is 0 Å². The van der Waals surface area contributed by atoms with Crippen molar-refractivity contribution < 1.29 is 13.2 Å². The van der Waals surface area contributed by atoms with E-state index in [1.807, 2.05) is 25.9 Å². The molecule has 0 bridgehead atoms. The van der Waals surface area contributed by atoms with E-state index in [1.54, 1.807) is 23.1 Å². The van der Waals surface area contributed by atoms with Gasteiger partial charge in [0.15, 0.2) is 0 Å². The van der Waals surface area contributed by atoms with Gasteiger partial charge < -0.3 is 9.80 Å². The number of rotatable bonds is 6. The number of amides is 1. The van der Waals surface area contributed by atoms with Gasteiger partial charge in [0.1, 0.15) is 0 Å². The van der Waals surface area contributed by atoms with E-state index in [0.717, 1.165) is 11.3 Å². The van der Waals surface area contributed by atoms with E-state index in [0.29, 0.717) is 32.5 Å². The highest BCUT2D eigenvalue weighted by atomic mass is 32.2. The predicted octanol–water partition coefficient (Wildman–Crippen LogP) is 0.826. The highest BCUT2D eigenvalue weighted by Crippen LogP contribution is 2.29. The summed E-state index contributed by atoms with van der Waals surface area (Å²) in [7, 11) is 0.278. The summed E-state index contributed by atoms with van der Waals surface area (Å²) in [6.07, 6.45) is 1.02. The van der Waals surface area contributed by atoms with Crippen LogP contribution in [0.3, 0.4) is 0 Å². The molecule has 2 rings (SSSR count). The minimum absolute atomic E-state index is 0.0923. The predicted molar refractivity (Wildman–Crippen MR) is 86.5 cm³/mol. The lowest BCUT2D eigenvalue weighted by Crippen LogP contribution is -2.35. The molecule has 1 heterocycles. The highest BCUT2D eigenvalue weighted by Gasteiger charge is 2.24. The second-order valence-corrected chi connectivity index (χ2v) is 7.40. The van der Waals surface area contributed by atoms with E-state index in [1.165, 1.54) is 0 Å². The van der Waals surface area contributed by atoms with E-state index in [4.69, 9.17) is 0 Å². The SMILES string of the molecule is CCN1C(=O)CCc2cc(S(=O)(=O)NCCN(C)C)ccc21. The second kappa shape index (κ2) is 6.76. The zero-order valence-electron chi connectivity index (χ0n) is 13.3. The molecule has 1 amide bonds. The zero-order chi connectivity index (χ0) is 16.3. The Kier molecular flexibility index (Phi) is 5.20. The fourth-order valence-electron chi connectivity index (χ4n) is 2.54. The third-order valence-electron chi connectivity index (χ3n) is 3.73. The average Bonchev–Trinajstić information content (AvgIpc) is 2.46. The Balaban J connectivity index is 2.22. The number of fused-ring (bicyclic) bond motifs is 1. The van der Waals surface area contributed by atoms with Gasteiger partial charge in [-0.1, -0.05) is 0 Å². The van der Waals surface area contributed by atoms with Crippen LogP contribution in [0.4, 0.5) is 5.69 Å². The molecule has 1 N–H and O–H groups in total. The number of hydrogen-bond donors (Lipinski definition) is 1. The number of anilines is 1. The van der Waals surface area contributed by atoms with E-state index < -0.39 is 10.0 Å². The fourth-order valence-corrected chi connectivity index (χ4v) is 3.61. The maximum absolute atomic E-state index is 12.3. The molecule has 0 atom stereocenters. The summed E-state index contributed by atoms with van der Waals surface area (Å²) >= 11 is 0. The minimum Gasteiger partial charge on any atom is -0.312 e. The molecule has 1 aromatic rings. The molecular weight excluding hydrogens is 302 g/mol.